The fourth-order valence-corrected chi connectivity index (χ4v) is 5.68. The summed E-state index contributed by atoms with van der Waals surface area (Å²) in [6, 6.07) is 33.5. The van der Waals surface area contributed by atoms with Crippen LogP contribution in [0.1, 0.15) is 16.7 Å². The van der Waals surface area contributed by atoms with Crippen molar-refractivity contribution in [2.24, 2.45) is 0 Å². The van der Waals surface area contributed by atoms with E-state index >= 15 is 0 Å². The molecule has 0 saturated carbocycles. The van der Waals surface area contributed by atoms with Crippen LogP contribution in [0.25, 0.3) is 23.0 Å². The quantitative estimate of drug-likeness (QED) is 0.140. The molecule has 1 aromatic heterocycles. The molecule has 0 atom stereocenters. The van der Waals surface area contributed by atoms with Crippen molar-refractivity contribution in [3.63, 3.8) is 0 Å². The lowest BCUT2D eigenvalue weighted by Gasteiger charge is -2.14. The van der Waals surface area contributed by atoms with Crippen LogP contribution in [-0.2, 0) is 17.9 Å². The summed E-state index contributed by atoms with van der Waals surface area (Å²) < 4.78 is 21.4. The number of hydrogen-bond donors (Lipinski definition) is 0. The standard InChI is InChI=1S/C33H24FN3O2S2/c34-27-15-11-24(12-16-27)22-39-29-17-13-25(14-18-29)31-26(21-37(35-31)28-9-5-2-6-10-28)19-30-32(38)36(33(40)41-30)20-23-7-3-1-4-8-23/h1-19,21H,20,22H2/b30-19-. The van der Waals surface area contributed by atoms with Crippen LogP contribution in [-0.4, -0.2) is 24.9 Å². The van der Waals surface area contributed by atoms with Crippen molar-refractivity contribution < 1.29 is 13.9 Å². The minimum absolute atomic E-state index is 0.119. The molecular weight excluding hydrogens is 554 g/mol. The van der Waals surface area contributed by atoms with Crippen molar-refractivity contribution >= 4 is 40.3 Å². The Morgan fingerprint density at radius 3 is 2.24 bits per heavy atom. The number of para-hydroxylation sites is 1. The highest BCUT2D eigenvalue weighted by atomic mass is 32.2. The van der Waals surface area contributed by atoms with Gasteiger partial charge in [-0.2, -0.15) is 5.10 Å². The summed E-state index contributed by atoms with van der Waals surface area (Å²) in [4.78, 5) is 15.6. The maximum Gasteiger partial charge on any atom is 0.266 e. The van der Waals surface area contributed by atoms with Gasteiger partial charge in [-0.3, -0.25) is 9.69 Å². The number of halogens is 1. The van der Waals surface area contributed by atoms with Gasteiger partial charge in [-0.1, -0.05) is 84.6 Å². The molecule has 6 rings (SSSR count). The number of thiocarbonyl (C=S) groups is 1. The summed E-state index contributed by atoms with van der Waals surface area (Å²) in [5, 5.41) is 4.88. The molecule has 2 heterocycles. The molecule has 0 spiro atoms. The molecule has 1 amide bonds. The number of benzene rings is 4. The van der Waals surface area contributed by atoms with E-state index in [1.54, 1.807) is 17.0 Å². The van der Waals surface area contributed by atoms with Gasteiger partial charge in [-0.05, 0) is 65.7 Å². The number of carbonyl (C=O) groups excluding carboxylic acids is 1. The molecule has 1 aliphatic heterocycles. The Kier molecular flexibility index (Phi) is 7.75. The summed E-state index contributed by atoms with van der Waals surface area (Å²) in [6.07, 6.45) is 3.79. The Hall–Kier alpha value is -4.53. The predicted molar refractivity (Wildman–Crippen MR) is 165 cm³/mol. The zero-order valence-corrected chi connectivity index (χ0v) is 23.4. The SMILES string of the molecule is O=C1/C(=C/c2cn(-c3ccccc3)nc2-c2ccc(OCc3ccc(F)cc3)cc2)SC(=S)N1Cc1ccccc1. The molecule has 0 radical (unpaired) electrons. The maximum absolute atomic E-state index is 13.4. The van der Waals surface area contributed by atoms with Crippen LogP contribution < -0.4 is 4.74 Å². The van der Waals surface area contributed by atoms with Crippen molar-refractivity contribution in [1.82, 2.24) is 14.7 Å². The molecule has 1 aliphatic rings. The van der Waals surface area contributed by atoms with Crippen molar-refractivity contribution in [3.05, 3.63) is 143 Å². The van der Waals surface area contributed by atoms with Crippen molar-refractivity contribution in [2.45, 2.75) is 13.2 Å². The maximum atomic E-state index is 13.4. The molecule has 4 aromatic carbocycles. The monoisotopic (exact) mass is 577 g/mol. The van der Waals surface area contributed by atoms with Crippen molar-refractivity contribution in [1.29, 1.82) is 0 Å². The minimum Gasteiger partial charge on any atom is -0.489 e. The second-order valence-corrected chi connectivity index (χ2v) is 11.1. The van der Waals surface area contributed by atoms with E-state index in [4.69, 9.17) is 22.1 Å². The van der Waals surface area contributed by atoms with Crippen LogP contribution in [0.5, 0.6) is 5.75 Å². The number of amides is 1. The average molecular weight is 578 g/mol. The molecule has 0 bridgehead atoms. The zero-order valence-electron chi connectivity index (χ0n) is 21.8. The summed E-state index contributed by atoms with van der Waals surface area (Å²) in [7, 11) is 0. The lowest BCUT2D eigenvalue weighted by Crippen LogP contribution is -2.27. The van der Waals surface area contributed by atoms with E-state index in [1.165, 1.54) is 23.9 Å². The van der Waals surface area contributed by atoms with Crippen LogP contribution in [0.4, 0.5) is 4.39 Å². The Morgan fingerprint density at radius 2 is 1.54 bits per heavy atom. The third-order valence-corrected chi connectivity index (χ3v) is 7.93. The number of rotatable bonds is 8. The van der Waals surface area contributed by atoms with Gasteiger partial charge in [0.25, 0.3) is 5.91 Å². The van der Waals surface area contributed by atoms with Gasteiger partial charge in [0, 0.05) is 17.3 Å². The third-order valence-electron chi connectivity index (χ3n) is 6.55. The number of carbonyl (C=O) groups is 1. The Bertz CT molecular complexity index is 1720. The average Bonchev–Trinajstić information content (AvgIpc) is 3.54. The summed E-state index contributed by atoms with van der Waals surface area (Å²) >= 11 is 6.87. The van der Waals surface area contributed by atoms with E-state index in [0.29, 0.717) is 28.1 Å². The van der Waals surface area contributed by atoms with E-state index in [2.05, 4.69) is 0 Å². The molecule has 1 fully saturated rings. The molecule has 8 heteroatoms. The summed E-state index contributed by atoms with van der Waals surface area (Å²) in [6.45, 7) is 0.761. The summed E-state index contributed by atoms with van der Waals surface area (Å²) in [5.74, 6) is 0.290. The lowest BCUT2D eigenvalue weighted by atomic mass is 10.1. The number of nitrogens with zero attached hydrogens (tertiary/aromatic N) is 3. The molecule has 0 unspecified atom stereocenters. The van der Waals surface area contributed by atoms with Crippen molar-refractivity contribution in [2.75, 3.05) is 0 Å². The molecule has 0 aliphatic carbocycles. The molecule has 1 saturated heterocycles. The first kappa shape index (κ1) is 26.7. The van der Waals surface area contributed by atoms with Crippen LogP contribution in [0.15, 0.2) is 120 Å². The molecule has 5 nitrogen and oxygen atoms in total. The highest BCUT2D eigenvalue weighted by Crippen LogP contribution is 2.36. The smallest absolute Gasteiger partial charge is 0.266 e. The van der Waals surface area contributed by atoms with Crippen LogP contribution in [0, 0.1) is 5.82 Å². The van der Waals surface area contributed by atoms with Gasteiger partial charge in [0.05, 0.1) is 22.8 Å². The van der Waals surface area contributed by atoms with E-state index in [9.17, 15) is 9.18 Å². The van der Waals surface area contributed by atoms with Gasteiger partial charge in [0.2, 0.25) is 0 Å². The molecule has 5 aromatic rings. The zero-order chi connectivity index (χ0) is 28.2. The third kappa shape index (κ3) is 6.14. The Balaban J connectivity index is 1.28. The first-order valence-electron chi connectivity index (χ1n) is 13.0. The fourth-order valence-electron chi connectivity index (χ4n) is 4.43. The number of thioether (sulfide) groups is 1. The van der Waals surface area contributed by atoms with Crippen LogP contribution >= 0.6 is 24.0 Å². The highest BCUT2D eigenvalue weighted by molar-refractivity contribution is 8.26. The van der Waals surface area contributed by atoms with E-state index < -0.39 is 0 Å². The van der Waals surface area contributed by atoms with E-state index in [1.807, 2.05) is 102 Å². The fraction of sp³-hybridized carbons (Fsp3) is 0.0606. The largest absolute Gasteiger partial charge is 0.489 e. The summed E-state index contributed by atoms with van der Waals surface area (Å²) in [5.41, 5.74) is 5.21. The van der Waals surface area contributed by atoms with Gasteiger partial charge in [-0.25, -0.2) is 9.07 Å². The second-order valence-electron chi connectivity index (χ2n) is 9.41. The first-order chi connectivity index (χ1) is 20.0. The van der Waals surface area contributed by atoms with Gasteiger partial charge in [-0.15, -0.1) is 0 Å². The molecule has 41 heavy (non-hydrogen) atoms. The number of aromatic nitrogens is 2. The van der Waals surface area contributed by atoms with Gasteiger partial charge in [0.1, 0.15) is 22.5 Å². The van der Waals surface area contributed by atoms with Gasteiger partial charge in [0.15, 0.2) is 0 Å². The Morgan fingerprint density at radius 1 is 0.854 bits per heavy atom. The van der Waals surface area contributed by atoms with Crippen molar-refractivity contribution in [3.8, 4) is 22.7 Å². The van der Waals surface area contributed by atoms with E-state index in [-0.39, 0.29) is 11.7 Å². The van der Waals surface area contributed by atoms with Crippen LogP contribution in [0.2, 0.25) is 0 Å². The van der Waals surface area contributed by atoms with Crippen LogP contribution in [0.3, 0.4) is 0 Å². The normalized spacial score (nSPS) is 14.2. The molecular formula is C33H24FN3O2S2. The second kappa shape index (κ2) is 11.9. The van der Waals surface area contributed by atoms with E-state index in [0.717, 1.165) is 33.6 Å². The van der Waals surface area contributed by atoms with Gasteiger partial charge < -0.3 is 4.74 Å². The number of ether oxygens (including phenoxy) is 1. The Labute approximate surface area is 246 Å². The lowest BCUT2D eigenvalue weighted by molar-refractivity contribution is -0.122. The minimum atomic E-state index is -0.276. The topological polar surface area (TPSA) is 47.4 Å². The number of hydrogen-bond acceptors (Lipinski definition) is 5. The highest BCUT2D eigenvalue weighted by Gasteiger charge is 2.32. The molecule has 0 N–H and O–H groups in total. The molecule has 202 valence electrons. The van der Waals surface area contributed by atoms with Gasteiger partial charge >= 0.3 is 0 Å². The first-order valence-corrected chi connectivity index (χ1v) is 14.2. The predicted octanol–water partition coefficient (Wildman–Crippen LogP) is 7.66.